The van der Waals surface area contributed by atoms with Crippen molar-refractivity contribution in [2.24, 2.45) is 5.92 Å². The van der Waals surface area contributed by atoms with Crippen LogP contribution in [0.3, 0.4) is 0 Å². The van der Waals surface area contributed by atoms with E-state index in [2.05, 4.69) is 51.3 Å². The van der Waals surface area contributed by atoms with E-state index in [9.17, 15) is 4.79 Å². The maximum Gasteiger partial charge on any atom is 0.407 e. The molecule has 0 aromatic carbocycles. The Bertz CT molecular complexity index is 532. The zero-order chi connectivity index (χ0) is 17.8. The summed E-state index contributed by atoms with van der Waals surface area (Å²) in [6.45, 7) is 17.7. The number of carbonyl (C=O) groups excluding carboxylic acids is 1. The van der Waals surface area contributed by atoms with Crippen molar-refractivity contribution in [3.05, 3.63) is 21.4 Å². The van der Waals surface area contributed by atoms with Crippen LogP contribution in [-0.4, -0.2) is 23.8 Å². The third-order valence-corrected chi connectivity index (χ3v) is 5.11. The molecule has 132 valence electrons. The van der Waals surface area contributed by atoms with Crippen molar-refractivity contribution in [3.63, 3.8) is 0 Å². The van der Waals surface area contributed by atoms with Gasteiger partial charge in [0.05, 0.1) is 0 Å². The van der Waals surface area contributed by atoms with Gasteiger partial charge in [0.2, 0.25) is 0 Å². The van der Waals surface area contributed by atoms with Gasteiger partial charge in [0.1, 0.15) is 5.60 Å². The summed E-state index contributed by atoms with van der Waals surface area (Å²) >= 11 is 1.82. The molecule has 1 aromatic heterocycles. The van der Waals surface area contributed by atoms with Gasteiger partial charge < -0.3 is 15.4 Å². The van der Waals surface area contributed by atoms with Crippen molar-refractivity contribution < 1.29 is 9.53 Å². The topological polar surface area (TPSA) is 50.4 Å². The van der Waals surface area contributed by atoms with Crippen LogP contribution in [0.4, 0.5) is 4.79 Å². The first-order valence-corrected chi connectivity index (χ1v) is 9.02. The Morgan fingerprint density at radius 3 is 2.30 bits per heavy atom. The predicted molar refractivity (Wildman–Crippen MR) is 98.1 cm³/mol. The summed E-state index contributed by atoms with van der Waals surface area (Å²) in [6.07, 6.45) is -0.367. The van der Waals surface area contributed by atoms with Crippen LogP contribution in [0.2, 0.25) is 0 Å². The third kappa shape index (κ3) is 6.51. The molecule has 1 rings (SSSR count). The molecule has 0 aliphatic rings. The number of aryl methyl sites for hydroxylation is 2. The Morgan fingerprint density at radius 1 is 1.26 bits per heavy atom. The van der Waals surface area contributed by atoms with Gasteiger partial charge in [0.15, 0.2) is 0 Å². The van der Waals surface area contributed by atoms with Crippen LogP contribution in [0, 0.1) is 19.8 Å². The highest BCUT2D eigenvalue weighted by atomic mass is 32.1. The van der Waals surface area contributed by atoms with Crippen molar-refractivity contribution in [2.45, 2.75) is 73.1 Å². The molecule has 0 aliphatic carbocycles. The Labute approximate surface area is 145 Å². The minimum absolute atomic E-state index is 0.195. The van der Waals surface area contributed by atoms with Crippen LogP contribution in [0.25, 0.3) is 0 Å². The smallest absolute Gasteiger partial charge is 0.407 e. The first kappa shape index (κ1) is 20.0. The van der Waals surface area contributed by atoms with Gasteiger partial charge in [-0.2, -0.15) is 0 Å². The Balaban J connectivity index is 2.64. The molecule has 5 heteroatoms. The summed E-state index contributed by atoms with van der Waals surface area (Å²) in [7, 11) is 0. The SMILES string of the molecule is Cc1cc(CNC(C)(CNC(=O)OC(C)(C)C)C(C)C)c(C)s1. The molecule has 0 aliphatic heterocycles. The largest absolute Gasteiger partial charge is 0.444 e. The van der Waals surface area contributed by atoms with Gasteiger partial charge in [-0.05, 0) is 59.1 Å². The Hall–Kier alpha value is -1.07. The second-order valence-corrected chi connectivity index (χ2v) is 9.18. The van der Waals surface area contributed by atoms with Gasteiger partial charge in [0, 0.05) is 28.4 Å². The first-order valence-electron chi connectivity index (χ1n) is 8.21. The third-order valence-electron chi connectivity index (χ3n) is 4.10. The van der Waals surface area contributed by atoms with E-state index in [1.807, 2.05) is 32.1 Å². The summed E-state index contributed by atoms with van der Waals surface area (Å²) in [5.74, 6) is 0.373. The van der Waals surface area contributed by atoms with Crippen LogP contribution in [-0.2, 0) is 11.3 Å². The van der Waals surface area contributed by atoms with Crippen LogP contribution in [0.5, 0.6) is 0 Å². The number of hydrogen-bond acceptors (Lipinski definition) is 4. The quantitative estimate of drug-likeness (QED) is 0.807. The van der Waals surface area contributed by atoms with E-state index in [1.165, 1.54) is 15.3 Å². The van der Waals surface area contributed by atoms with Crippen molar-refractivity contribution in [3.8, 4) is 0 Å². The normalized spacial score (nSPS) is 14.7. The lowest BCUT2D eigenvalue weighted by atomic mass is 9.88. The fourth-order valence-corrected chi connectivity index (χ4v) is 3.14. The summed E-state index contributed by atoms with van der Waals surface area (Å²) in [6, 6.07) is 2.23. The number of ether oxygens (including phenoxy) is 1. The number of hydrogen-bond donors (Lipinski definition) is 2. The van der Waals surface area contributed by atoms with Crippen LogP contribution >= 0.6 is 11.3 Å². The van der Waals surface area contributed by atoms with Gasteiger partial charge in [-0.1, -0.05) is 13.8 Å². The molecule has 4 nitrogen and oxygen atoms in total. The monoisotopic (exact) mass is 340 g/mol. The zero-order valence-electron chi connectivity index (χ0n) is 15.8. The van der Waals surface area contributed by atoms with Crippen molar-refractivity contribution >= 4 is 17.4 Å². The lowest BCUT2D eigenvalue weighted by Gasteiger charge is -2.35. The second-order valence-electron chi connectivity index (χ2n) is 7.72. The van der Waals surface area contributed by atoms with E-state index in [4.69, 9.17) is 4.74 Å². The molecule has 2 N–H and O–H groups in total. The fraction of sp³-hybridized carbons (Fsp3) is 0.722. The highest BCUT2D eigenvalue weighted by Crippen LogP contribution is 2.23. The van der Waals surface area contributed by atoms with Crippen molar-refractivity contribution in [1.82, 2.24) is 10.6 Å². The fourth-order valence-electron chi connectivity index (χ4n) is 2.20. The average Bonchev–Trinajstić information content (AvgIpc) is 2.70. The number of rotatable bonds is 6. The van der Waals surface area contributed by atoms with Crippen molar-refractivity contribution in [1.29, 1.82) is 0 Å². The van der Waals surface area contributed by atoms with Gasteiger partial charge in [-0.15, -0.1) is 11.3 Å². The molecule has 1 atom stereocenters. The van der Waals surface area contributed by atoms with E-state index < -0.39 is 5.60 Å². The van der Waals surface area contributed by atoms with E-state index >= 15 is 0 Å². The predicted octanol–water partition coefficient (Wildman–Crippen LogP) is 4.39. The number of carbonyl (C=O) groups is 1. The molecule has 0 bridgehead atoms. The van der Waals surface area contributed by atoms with Crippen LogP contribution < -0.4 is 10.6 Å². The molecule has 1 amide bonds. The summed E-state index contributed by atoms with van der Waals surface area (Å²) in [5.41, 5.74) is 0.660. The van der Waals surface area contributed by atoms with Gasteiger partial charge in [0.25, 0.3) is 0 Å². The molecule has 0 radical (unpaired) electrons. The molecule has 23 heavy (non-hydrogen) atoms. The lowest BCUT2D eigenvalue weighted by molar-refractivity contribution is 0.0503. The maximum absolute atomic E-state index is 11.9. The zero-order valence-corrected chi connectivity index (χ0v) is 16.6. The van der Waals surface area contributed by atoms with E-state index in [1.54, 1.807) is 0 Å². The number of nitrogens with one attached hydrogen (secondary N) is 2. The lowest BCUT2D eigenvalue weighted by Crippen LogP contribution is -2.55. The van der Waals surface area contributed by atoms with E-state index in [0.29, 0.717) is 12.5 Å². The summed E-state index contributed by atoms with van der Waals surface area (Å²) in [4.78, 5) is 14.6. The molecule has 1 heterocycles. The number of alkyl carbamates (subject to hydrolysis) is 1. The highest BCUT2D eigenvalue weighted by Gasteiger charge is 2.29. The molecule has 0 saturated heterocycles. The molecule has 1 aromatic rings. The van der Waals surface area contributed by atoms with Crippen LogP contribution in [0.15, 0.2) is 6.07 Å². The van der Waals surface area contributed by atoms with E-state index in [-0.39, 0.29) is 11.6 Å². The summed E-state index contributed by atoms with van der Waals surface area (Å²) in [5, 5.41) is 6.52. The molecular formula is C18H32N2O2S. The summed E-state index contributed by atoms with van der Waals surface area (Å²) < 4.78 is 5.32. The van der Waals surface area contributed by atoms with Crippen molar-refractivity contribution in [2.75, 3.05) is 6.54 Å². The molecular weight excluding hydrogens is 308 g/mol. The molecule has 0 spiro atoms. The Morgan fingerprint density at radius 2 is 1.87 bits per heavy atom. The minimum atomic E-state index is -0.475. The highest BCUT2D eigenvalue weighted by molar-refractivity contribution is 7.12. The van der Waals surface area contributed by atoms with Gasteiger partial charge in [-0.25, -0.2) is 4.79 Å². The molecule has 0 saturated carbocycles. The van der Waals surface area contributed by atoms with Crippen LogP contribution in [0.1, 0.15) is 56.9 Å². The molecule has 1 unspecified atom stereocenters. The number of thiophene rings is 1. The first-order chi connectivity index (χ1) is 10.4. The van der Waals surface area contributed by atoms with E-state index in [0.717, 1.165) is 6.54 Å². The van der Waals surface area contributed by atoms with Gasteiger partial charge in [-0.3, -0.25) is 0 Å². The maximum atomic E-state index is 11.9. The standard InChI is InChI=1S/C18H32N2O2S/c1-12(2)18(8,11-19-16(21)22-17(5,6)7)20-10-15-9-13(3)23-14(15)4/h9,12,20H,10-11H2,1-8H3,(H,19,21). The van der Waals surface area contributed by atoms with Gasteiger partial charge >= 0.3 is 6.09 Å². The second kappa shape index (κ2) is 7.67. The number of amides is 1. The molecule has 0 fully saturated rings. The minimum Gasteiger partial charge on any atom is -0.444 e. The Kier molecular flexibility index (Phi) is 6.66. The average molecular weight is 341 g/mol.